The molecule has 0 saturated heterocycles. The summed E-state index contributed by atoms with van der Waals surface area (Å²) >= 11 is 0. The molecular weight excluding hydrogens is 296 g/mol. The van der Waals surface area contributed by atoms with Crippen molar-refractivity contribution in [3.05, 3.63) is 65.7 Å². The average molecular weight is 316 g/mol. The molecule has 2 aromatic rings. The zero-order valence-corrected chi connectivity index (χ0v) is 13.6. The average Bonchev–Trinajstić information content (AvgIpc) is 2.53. The van der Waals surface area contributed by atoms with Crippen LogP contribution in [-0.2, 0) is 16.4 Å². The molecule has 116 valence electrons. The van der Waals surface area contributed by atoms with Gasteiger partial charge in [-0.25, -0.2) is 8.42 Å². The molecule has 0 fully saturated rings. The molecule has 5 heteroatoms. The van der Waals surface area contributed by atoms with Crippen molar-refractivity contribution in [1.29, 1.82) is 0 Å². The van der Waals surface area contributed by atoms with Gasteiger partial charge in [0.05, 0.1) is 5.75 Å². The summed E-state index contributed by atoms with van der Waals surface area (Å²) in [6.45, 7) is 0. The molecule has 0 radical (unpaired) electrons. The van der Waals surface area contributed by atoms with Crippen molar-refractivity contribution in [1.82, 2.24) is 0 Å². The van der Waals surface area contributed by atoms with Crippen LogP contribution in [0.2, 0.25) is 0 Å². The maximum absolute atomic E-state index is 11.9. The highest BCUT2D eigenvalue weighted by Crippen LogP contribution is 2.11. The summed E-state index contributed by atoms with van der Waals surface area (Å²) in [7, 11) is 0.466. The molecule has 4 nitrogen and oxygen atoms in total. The molecule has 0 amide bonds. The van der Waals surface area contributed by atoms with E-state index in [4.69, 9.17) is 0 Å². The third kappa shape index (κ3) is 5.00. The monoisotopic (exact) mass is 316 g/mol. The molecule has 0 heterocycles. The highest BCUT2D eigenvalue weighted by Gasteiger charge is 2.07. The van der Waals surface area contributed by atoms with E-state index in [0.29, 0.717) is 6.42 Å². The zero-order valence-electron chi connectivity index (χ0n) is 12.8. The Morgan fingerprint density at radius 1 is 1.00 bits per heavy atom. The van der Waals surface area contributed by atoms with Crippen molar-refractivity contribution < 1.29 is 8.42 Å². The first kappa shape index (κ1) is 16.2. The number of anilines is 1. The maximum Gasteiger partial charge on any atom is 0.253 e. The molecule has 0 aliphatic carbocycles. The van der Waals surface area contributed by atoms with Crippen LogP contribution in [0.3, 0.4) is 0 Å². The van der Waals surface area contributed by atoms with E-state index < -0.39 is 10.0 Å². The van der Waals surface area contributed by atoms with Crippen molar-refractivity contribution in [3.63, 3.8) is 0 Å². The van der Waals surface area contributed by atoms with Crippen LogP contribution in [0, 0.1) is 0 Å². The van der Waals surface area contributed by atoms with Gasteiger partial charge in [0, 0.05) is 26.0 Å². The lowest BCUT2D eigenvalue weighted by Crippen LogP contribution is -2.08. The van der Waals surface area contributed by atoms with Crippen LogP contribution in [0.15, 0.2) is 59.0 Å². The molecule has 0 saturated carbocycles. The van der Waals surface area contributed by atoms with E-state index in [9.17, 15) is 8.42 Å². The Morgan fingerprint density at radius 3 is 2.23 bits per heavy atom. The zero-order chi connectivity index (χ0) is 16.0. The van der Waals surface area contributed by atoms with Crippen LogP contribution in [0.4, 0.5) is 5.69 Å². The van der Waals surface area contributed by atoms with E-state index in [1.165, 1.54) is 6.21 Å². The van der Waals surface area contributed by atoms with Crippen LogP contribution >= 0.6 is 0 Å². The second-order valence-corrected chi connectivity index (χ2v) is 7.03. The first-order chi connectivity index (χ1) is 10.5. The molecular formula is C17H20N2O2S. The first-order valence-electron chi connectivity index (χ1n) is 7.06. The van der Waals surface area contributed by atoms with Crippen LogP contribution in [0.5, 0.6) is 0 Å². The minimum atomic E-state index is -3.45. The Kier molecular flexibility index (Phi) is 5.33. The van der Waals surface area contributed by atoms with Crippen LogP contribution in [0.1, 0.15) is 11.1 Å². The molecule has 0 unspecified atom stereocenters. The van der Waals surface area contributed by atoms with E-state index in [1.807, 2.05) is 73.6 Å². The Hall–Kier alpha value is -2.14. The third-order valence-corrected chi connectivity index (χ3v) is 4.41. The normalized spacial score (nSPS) is 11.7. The van der Waals surface area contributed by atoms with Crippen molar-refractivity contribution in [3.8, 4) is 0 Å². The Morgan fingerprint density at radius 2 is 1.64 bits per heavy atom. The Bertz CT molecular complexity index is 721. The van der Waals surface area contributed by atoms with Gasteiger partial charge in [-0.2, -0.15) is 4.40 Å². The fraction of sp³-hybridized carbons (Fsp3) is 0.235. The fourth-order valence-electron chi connectivity index (χ4n) is 1.94. The smallest absolute Gasteiger partial charge is 0.253 e. The molecule has 0 bridgehead atoms. The van der Waals surface area contributed by atoms with Gasteiger partial charge in [0.2, 0.25) is 0 Å². The lowest BCUT2D eigenvalue weighted by atomic mass is 10.2. The second-order valence-electron chi connectivity index (χ2n) is 5.24. The standard InChI is InChI=1S/C17H20N2O2S/c1-19(2)17-10-8-16(9-11-17)14-18-22(20,21)13-12-15-6-4-3-5-7-15/h3-11,14H,12-13H2,1-2H3/b18-14-. The molecule has 22 heavy (non-hydrogen) atoms. The van der Waals surface area contributed by atoms with Gasteiger partial charge in [0.15, 0.2) is 0 Å². The van der Waals surface area contributed by atoms with Gasteiger partial charge in [-0.1, -0.05) is 42.5 Å². The molecule has 0 atom stereocenters. The van der Waals surface area contributed by atoms with Gasteiger partial charge in [-0.3, -0.25) is 0 Å². The number of hydrogen-bond acceptors (Lipinski definition) is 3. The second kappa shape index (κ2) is 7.22. The number of sulfonamides is 1. The summed E-state index contributed by atoms with van der Waals surface area (Å²) in [5.41, 5.74) is 2.83. The van der Waals surface area contributed by atoms with E-state index in [0.717, 1.165) is 16.8 Å². The van der Waals surface area contributed by atoms with Crippen molar-refractivity contribution >= 4 is 21.9 Å². The highest BCUT2D eigenvalue weighted by atomic mass is 32.2. The SMILES string of the molecule is CN(C)c1ccc(/C=N\S(=O)(=O)CCc2ccccc2)cc1. The largest absolute Gasteiger partial charge is 0.378 e. The van der Waals surface area contributed by atoms with Gasteiger partial charge in [0.1, 0.15) is 0 Å². The van der Waals surface area contributed by atoms with Gasteiger partial charge >= 0.3 is 0 Å². The van der Waals surface area contributed by atoms with Crippen molar-refractivity contribution in [2.24, 2.45) is 4.40 Å². The summed E-state index contributed by atoms with van der Waals surface area (Å²) in [4.78, 5) is 1.98. The topological polar surface area (TPSA) is 49.7 Å². The minimum absolute atomic E-state index is 0.0172. The Balaban J connectivity index is 1.98. The first-order valence-corrected chi connectivity index (χ1v) is 8.66. The van der Waals surface area contributed by atoms with Crippen LogP contribution < -0.4 is 4.90 Å². The van der Waals surface area contributed by atoms with Crippen LogP contribution in [-0.4, -0.2) is 34.5 Å². The minimum Gasteiger partial charge on any atom is -0.378 e. The lowest BCUT2D eigenvalue weighted by molar-refractivity contribution is 0.597. The van der Waals surface area contributed by atoms with Crippen LogP contribution in [0.25, 0.3) is 0 Å². The molecule has 0 aliphatic heterocycles. The summed E-state index contributed by atoms with van der Waals surface area (Å²) < 4.78 is 27.6. The van der Waals surface area contributed by atoms with Gasteiger partial charge in [-0.15, -0.1) is 0 Å². The van der Waals surface area contributed by atoms with E-state index >= 15 is 0 Å². The number of hydrogen-bond donors (Lipinski definition) is 0. The molecule has 2 rings (SSSR count). The summed E-state index contributed by atoms with van der Waals surface area (Å²) in [5.74, 6) is 0.0172. The summed E-state index contributed by atoms with van der Waals surface area (Å²) in [5, 5.41) is 0. The van der Waals surface area contributed by atoms with E-state index in [1.54, 1.807) is 0 Å². The highest BCUT2D eigenvalue weighted by molar-refractivity contribution is 7.90. The van der Waals surface area contributed by atoms with Gasteiger partial charge in [-0.05, 0) is 29.7 Å². The fourth-order valence-corrected chi connectivity index (χ4v) is 2.83. The lowest BCUT2D eigenvalue weighted by Gasteiger charge is -2.11. The van der Waals surface area contributed by atoms with E-state index in [2.05, 4.69) is 4.40 Å². The molecule has 0 N–H and O–H groups in total. The quantitative estimate of drug-likeness (QED) is 0.770. The van der Waals surface area contributed by atoms with Gasteiger partial charge in [0.25, 0.3) is 10.0 Å². The number of aryl methyl sites for hydroxylation is 1. The maximum atomic E-state index is 11.9. The number of rotatable bonds is 6. The Labute approximate surface area is 132 Å². The number of nitrogens with zero attached hydrogens (tertiary/aromatic N) is 2. The molecule has 0 spiro atoms. The molecule has 2 aromatic carbocycles. The molecule has 0 aromatic heterocycles. The van der Waals surface area contributed by atoms with Gasteiger partial charge < -0.3 is 4.90 Å². The summed E-state index contributed by atoms with van der Waals surface area (Å²) in [6.07, 6.45) is 1.87. The van der Waals surface area contributed by atoms with Crippen molar-refractivity contribution in [2.75, 3.05) is 24.7 Å². The summed E-state index contributed by atoms with van der Waals surface area (Å²) in [6, 6.07) is 17.1. The number of benzene rings is 2. The predicted molar refractivity (Wildman–Crippen MR) is 92.3 cm³/mol. The molecule has 0 aliphatic rings. The predicted octanol–water partition coefficient (Wildman–Crippen LogP) is 2.74. The van der Waals surface area contributed by atoms with Crippen molar-refractivity contribution in [2.45, 2.75) is 6.42 Å². The third-order valence-electron chi connectivity index (χ3n) is 3.26. The van der Waals surface area contributed by atoms with E-state index in [-0.39, 0.29) is 5.75 Å².